The lowest BCUT2D eigenvalue weighted by molar-refractivity contribution is -0.142. The Morgan fingerprint density at radius 3 is 2.11 bits per heavy atom. The number of benzene rings is 2. The maximum atomic E-state index is 14.0. The normalized spacial score (nSPS) is 13.0. The van der Waals surface area contributed by atoms with Gasteiger partial charge in [0.15, 0.2) is 0 Å². The van der Waals surface area contributed by atoms with E-state index in [-0.39, 0.29) is 12.2 Å². The van der Waals surface area contributed by atoms with Crippen LogP contribution in [0.1, 0.15) is 58.7 Å². The molecule has 0 aliphatic rings. The average Bonchev–Trinajstić information content (AvgIpc) is 2.77. The average molecular weight is 509 g/mol. The molecule has 0 saturated carbocycles. The first-order chi connectivity index (χ1) is 17.2. The van der Waals surface area contributed by atoms with Crippen LogP contribution in [0.15, 0.2) is 54.6 Å². The maximum Gasteiger partial charge on any atom is 0.408 e. The quantitative estimate of drug-likeness (QED) is 0.464. The number of hydrogen-bond donors (Lipinski definition) is 3. The summed E-state index contributed by atoms with van der Waals surface area (Å²) in [4.78, 5) is 41.3. The fourth-order valence-corrected chi connectivity index (χ4v) is 3.64. The topological polar surface area (TPSA) is 132 Å². The molecule has 0 spiro atoms. The maximum absolute atomic E-state index is 14.0. The number of rotatable bonds is 8. The minimum absolute atomic E-state index is 0.0443. The minimum Gasteiger partial charge on any atom is -0.508 e. The number of nitriles is 1. The van der Waals surface area contributed by atoms with Crippen molar-refractivity contribution in [2.75, 3.05) is 6.54 Å². The zero-order chi connectivity index (χ0) is 27.8. The van der Waals surface area contributed by atoms with Crippen LogP contribution in [0.25, 0.3) is 0 Å². The number of ether oxygens (including phenoxy) is 1. The Balaban J connectivity index is 2.51. The molecule has 2 unspecified atom stereocenters. The summed E-state index contributed by atoms with van der Waals surface area (Å²) in [7, 11) is 0. The van der Waals surface area contributed by atoms with Gasteiger partial charge in [-0.15, -0.1) is 0 Å². The lowest BCUT2D eigenvalue weighted by Gasteiger charge is -2.34. The number of aromatic hydroxyl groups is 1. The van der Waals surface area contributed by atoms with Gasteiger partial charge >= 0.3 is 6.09 Å². The molecule has 2 atom stereocenters. The molecular weight excluding hydrogens is 472 g/mol. The van der Waals surface area contributed by atoms with Crippen molar-refractivity contribution < 1.29 is 24.2 Å². The lowest BCUT2D eigenvalue weighted by Crippen LogP contribution is -2.55. The molecule has 198 valence electrons. The molecule has 3 N–H and O–H groups in total. The van der Waals surface area contributed by atoms with Gasteiger partial charge in [0.1, 0.15) is 30.0 Å². The van der Waals surface area contributed by atoms with Crippen LogP contribution in [0.3, 0.4) is 0 Å². The van der Waals surface area contributed by atoms with Crippen molar-refractivity contribution in [3.05, 3.63) is 65.7 Å². The molecule has 0 aromatic heterocycles. The van der Waals surface area contributed by atoms with Crippen LogP contribution in [0, 0.1) is 11.3 Å². The molecule has 0 heterocycles. The van der Waals surface area contributed by atoms with E-state index in [2.05, 4.69) is 10.6 Å². The van der Waals surface area contributed by atoms with Crippen LogP contribution in [0.5, 0.6) is 5.75 Å². The number of phenols is 1. The highest BCUT2D eigenvalue weighted by atomic mass is 16.6. The highest BCUT2D eigenvalue weighted by Crippen LogP contribution is 2.24. The van der Waals surface area contributed by atoms with E-state index in [0.717, 1.165) is 0 Å². The predicted octanol–water partition coefficient (Wildman–Crippen LogP) is 3.84. The smallest absolute Gasteiger partial charge is 0.408 e. The fourth-order valence-electron chi connectivity index (χ4n) is 3.64. The molecule has 9 heteroatoms. The van der Waals surface area contributed by atoms with Crippen molar-refractivity contribution in [2.24, 2.45) is 0 Å². The summed E-state index contributed by atoms with van der Waals surface area (Å²) in [6.45, 7) is 10.2. The fraction of sp³-hybridized carbons (Fsp3) is 0.429. The van der Waals surface area contributed by atoms with E-state index in [4.69, 9.17) is 4.74 Å². The van der Waals surface area contributed by atoms with Gasteiger partial charge < -0.3 is 25.4 Å². The van der Waals surface area contributed by atoms with Crippen LogP contribution >= 0.6 is 0 Å². The lowest BCUT2D eigenvalue weighted by atomic mass is 9.99. The van der Waals surface area contributed by atoms with Gasteiger partial charge in [0, 0.05) is 12.0 Å². The molecule has 2 aromatic carbocycles. The van der Waals surface area contributed by atoms with Gasteiger partial charge in [0.25, 0.3) is 0 Å². The summed E-state index contributed by atoms with van der Waals surface area (Å²) in [5.74, 6) is -1.03. The molecule has 0 saturated heterocycles. The van der Waals surface area contributed by atoms with Crippen molar-refractivity contribution in [1.82, 2.24) is 15.5 Å². The number of amides is 3. The second-order valence-electron chi connectivity index (χ2n) is 10.7. The summed E-state index contributed by atoms with van der Waals surface area (Å²) < 4.78 is 5.37. The summed E-state index contributed by atoms with van der Waals surface area (Å²) in [6.07, 6.45) is -0.764. The summed E-state index contributed by atoms with van der Waals surface area (Å²) in [6, 6.07) is 14.6. The van der Waals surface area contributed by atoms with Gasteiger partial charge in [-0.05, 0) is 64.8 Å². The molecule has 0 aliphatic carbocycles. The Bertz CT molecular complexity index is 1110. The first kappa shape index (κ1) is 29.2. The number of carbonyl (C=O) groups is 3. The zero-order valence-electron chi connectivity index (χ0n) is 22.2. The second-order valence-corrected chi connectivity index (χ2v) is 10.7. The van der Waals surface area contributed by atoms with Gasteiger partial charge in [-0.25, -0.2) is 4.79 Å². The van der Waals surface area contributed by atoms with Gasteiger partial charge in [-0.3, -0.25) is 9.59 Å². The van der Waals surface area contributed by atoms with E-state index in [9.17, 15) is 24.8 Å². The third-order valence-electron chi connectivity index (χ3n) is 5.06. The molecule has 0 bridgehead atoms. The Hall–Kier alpha value is -4.06. The van der Waals surface area contributed by atoms with Crippen molar-refractivity contribution in [1.29, 1.82) is 5.26 Å². The molecular formula is C28H36N4O5. The molecule has 37 heavy (non-hydrogen) atoms. The van der Waals surface area contributed by atoms with Crippen LogP contribution in [-0.2, 0) is 20.7 Å². The minimum atomic E-state index is -1.15. The first-order valence-electron chi connectivity index (χ1n) is 12.0. The molecule has 0 fully saturated rings. The predicted molar refractivity (Wildman–Crippen MR) is 139 cm³/mol. The van der Waals surface area contributed by atoms with E-state index in [1.165, 1.54) is 17.0 Å². The Kier molecular flexibility index (Phi) is 9.67. The van der Waals surface area contributed by atoms with Crippen LogP contribution in [0.4, 0.5) is 4.79 Å². The number of phenolic OH excluding ortho intramolecular Hbond substituents is 1. The number of hydrogen-bond acceptors (Lipinski definition) is 6. The van der Waals surface area contributed by atoms with E-state index in [1.54, 1.807) is 63.2 Å². The van der Waals surface area contributed by atoms with Gasteiger partial charge in [0.2, 0.25) is 11.8 Å². The third-order valence-corrected chi connectivity index (χ3v) is 5.06. The number of nitrogens with one attached hydrogen (secondary N) is 2. The van der Waals surface area contributed by atoms with E-state index in [0.29, 0.717) is 11.1 Å². The zero-order valence-corrected chi connectivity index (χ0v) is 22.2. The van der Waals surface area contributed by atoms with Gasteiger partial charge in [0.05, 0.1) is 6.07 Å². The van der Waals surface area contributed by atoms with Crippen LogP contribution in [0.2, 0.25) is 0 Å². The monoisotopic (exact) mass is 508 g/mol. The number of carbonyl (C=O) groups excluding carboxylic acids is 3. The summed E-state index contributed by atoms with van der Waals surface area (Å²) in [5.41, 5.74) is -0.221. The van der Waals surface area contributed by atoms with Crippen molar-refractivity contribution in [3.8, 4) is 11.8 Å². The molecule has 0 radical (unpaired) electrons. The number of nitrogens with zero attached hydrogens (tertiary/aromatic N) is 2. The molecule has 0 aliphatic heterocycles. The van der Waals surface area contributed by atoms with Crippen molar-refractivity contribution in [2.45, 2.75) is 71.2 Å². The molecule has 3 amide bonds. The Morgan fingerprint density at radius 1 is 1.00 bits per heavy atom. The standard InChI is InChI=1S/C28H36N4O5/c1-27(2,3)31-24(34)23(20-10-8-7-9-11-20)32(17-16-29)25(35)22(30-26(36)37-28(4,5)6)18-19-12-14-21(33)15-13-19/h7-15,22-23,33H,17-18H2,1-6H3,(H,30,36)(H,31,34). The van der Waals surface area contributed by atoms with Gasteiger partial charge in [-0.2, -0.15) is 5.26 Å². The largest absolute Gasteiger partial charge is 0.508 e. The highest BCUT2D eigenvalue weighted by molar-refractivity contribution is 5.92. The Morgan fingerprint density at radius 2 is 1.59 bits per heavy atom. The summed E-state index contributed by atoms with van der Waals surface area (Å²) in [5, 5.41) is 24.8. The van der Waals surface area contributed by atoms with Gasteiger partial charge in [-0.1, -0.05) is 42.5 Å². The molecule has 2 rings (SSSR count). The summed E-state index contributed by atoms with van der Waals surface area (Å²) >= 11 is 0. The SMILES string of the molecule is CC(C)(C)NC(=O)C(c1ccccc1)N(CC#N)C(=O)C(Cc1ccc(O)cc1)NC(=O)OC(C)(C)C. The number of alkyl carbamates (subject to hydrolysis) is 1. The highest BCUT2D eigenvalue weighted by Gasteiger charge is 2.37. The van der Waals surface area contributed by atoms with E-state index < -0.39 is 47.7 Å². The molecule has 9 nitrogen and oxygen atoms in total. The van der Waals surface area contributed by atoms with Crippen molar-refractivity contribution >= 4 is 17.9 Å². The van der Waals surface area contributed by atoms with E-state index in [1.807, 2.05) is 26.8 Å². The second kappa shape index (κ2) is 12.3. The van der Waals surface area contributed by atoms with Crippen LogP contribution in [-0.4, -0.2) is 51.6 Å². The third kappa shape index (κ3) is 9.49. The first-order valence-corrected chi connectivity index (χ1v) is 12.0. The van der Waals surface area contributed by atoms with Crippen LogP contribution < -0.4 is 10.6 Å². The van der Waals surface area contributed by atoms with E-state index >= 15 is 0 Å². The Labute approximate surface area is 218 Å². The van der Waals surface area contributed by atoms with Crippen molar-refractivity contribution in [3.63, 3.8) is 0 Å². The molecule has 2 aromatic rings.